The number of nitro groups is 1. The molecule has 0 atom stereocenters. The molecule has 0 unspecified atom stereocenters. The highest BCUT2D eigenvalue weighted by atomic mass is 32.1. The van der Waals surface area contributed by atoms with Gasteiger partial charge in [0.05, 0.1) is 16.2 Å². The topological polar surface area (TPSA) is 92.5 Å². The summed E-state index contributed by atoms with van der Waals surface area (Å²) in [5.74, 6) is -1.74. The molecule has 0 saturated carbocycles. The molecule has 8 heteroatoms. The van der Waals surface area contributed by atoms with Gasteiger partial charge in [-0.05, 0) is 23.8 Å². The zero-order valence-electron chi connectivity index (χ0n) is 10.00. The van der Waals surface area contributed by atoms with Gasteiger partial charge >= 0.3 is 11.0 Å². The summed E-state index contributed by atoms with van der Waals surface area (Å²) in [5, 5.41) is 23.7. The molecule has 0 bridgehead atoms. The van der Waals surface area contributed by atoms with Crippen molar-refractivity contribution in [2.45, 2.75) is 6.54 Å². The van der Waals surface area contributed by atoms with Crippen LogP contribution < -0.4 is 5.32 Å². The van der Waals surface area contributed by atoms with Gasteiger partial charge in [0, 0.05) is 18.0 Å². The van der Waals surface area contributed by atoms with Crippen LogP contribution in [0, 0.1) is 15.9 Å². The summed E-state index contributed by atoms with van der Waals surface area (Å²) in [6.45, 7) is 0.171. The number of hydrogen-bond acceptors (Lipinski definition) is 5. The first-order valence-corrected chi connectivity index (χ1v) is 6.34. The molecule has 0 aliphatic carbocycles. The lowest BCUT2D eigenvalue weighted by Crippen LogP contribution is -2.03. The fourth-order valence-corrected chi connectivity index (χ4v) is 2.27. The number of halogens is 1. The van der Waals surface area contributed by atoms with E-state index in [0.717, 1.165) is 23.5 Å². The summed E-state index contributed by atoms with van der Waals surface area (Å²) < 4.78 is 13.5. The molecule has 0 aliphatic heterocycles. The molecule has 0 amide bonds. The molecule has 0 radical (unpaired) electrons. The maximum absolute atomic E-state index is 13.5. The van der Waals surface area contributed by atoms with E-state index in [0.29, 0.717) is 5.56 Å². The van der Waals surface area contributed by atoms with Gasteiger partial charge in [0.25, 0.3) is 0 Å². The molecule has 1 aromatic carbocycles. The zero-order chi connectivity index (χ0) is 14.7. The molecule has 0 fully saturated rings. The van der Waals surface area contributed by atoms with Crippen LogP contribution in [0.3, 0.4) is 0 Å². The van der Waals surface area contributed by atoms with E-state index in [9.17, 15) is 19.3 Å². The number of benzene rings is 1. The molecule has 1 aromatic heterocycles. The Hall–Kier alpha value is -2.48. The minimum atomic E-state index is -1.15. The summed E-state index contributed by atoms with van der Waals surface area (Å²) in [4.78, 5) is 20.8. The lowest BCUT2D eigenvalue weighted by molar-refractivity contribution is -0.380. The van der Waals surface area contributed by atoms with Crippen molar-refractivity contribution in [1.82, 2.24) is 0 Å². The number of carbonyl (C=O) groups is 1. The van der Waals surface area contributed by atoms with Gasteiger partial charge in [0.1, 0.15) is 5.82 Å². The number of thiophene rings is 1. The third-order valence-corrected chi connectivity index (χ3v) is 3.45. The standard InChI is InChI=1S/C12H9FN2O4S/c13-9-2-1-8(12(16)17)4-10(9)14-5-7-3-11(15(18)19)20-6-7/h1-4,6,14H,5H2,(H,16,17). The Balaban J connectivity index is 2.11. The van der Waals surface area contributed by atoms with E-state index in [2.05, 4.69) is 5.32 Å². The van der Waals surface area contributed by atoms with Crippen molar-refractivity contribution >= 4 is 28.0 Å². The number of nitrogens with one attached hydrogen (secondary N) is 1. The van der Waals surface area contributed by atoms with Crippen molar-refractivity contribution in [1.29, 1.82) is 0 Å². The van der Waals surface area contributed by atoms with Crippen LogP contribution in [-0.2, 0) is 6.54 Å². The molecule has 6 nitrogen and oxygen atoms in total. The highest BCUT2D eigenvalue weighted by Gasteiger charge is 2.11. The van der Waals surface area contributed by atoms with Crippen molar-refractivity contribution in [3.05, 3.63) is 56.7 Å². The third kappa shape index (κ3) is 3.09. The summed E-state index contributed by atoms with van der Waals surface area (Å²) in [5.41, 5.74) is 0.630. The van der Waals surface area contributed by atoms with Gasteiger partial charge in [-0.1, -0.05) is 11.3 Å². The fraction of sp³-hybridized carbons (Fsp3) is 0.0833. The van der Waals surface area contributed by atoms with E-state index in [1.54, 1.807) is 5.38 Å². The molecule has 2 rings (SSSR count). The monoisotopic (exact) mass is 296 g/mol. The van der Waals surface area contributed by atoms with E-state index in [-0.39, 0.29) is 22.8 Å². The van der Waals surface area contributed by atoms with Gasteiger partial charge in [-0.2, -0.15) is 0 Å². The first-order chi connectivity index (χ1) is 9.47. The van der Waals surface area contributed by atoms with E-state index in [1.165, 1.54) is 12.1 Å². The average molecular weight is 296 g/mol. The largest absolute Gasteiger partial charge is 0.478 e. The molecule has 20 heavy (non-hydrogen) atoms. The van der Waals surface area contributed by atoms with Gasteiger partial charge < -0.3 is 10.4 Å². The Labute approximate surface area is 116 Å². The highest BCUT2D eigenvalue weighted by molar-refractivity contribution is 7.13. The molecular weight excluding hydrogens is 287 g/mol. The number of carboxylic acids is 1. The number of aromatic carboxylic acids is 1. The quantitative estimate of drug-likeness (QED) is 0.653. The predicted molar refractivity (Wildman–Crippen MR) is 71.7 cm³/mol. The number of anilines is 1. The molecule has 0 spiro atoms. The van der Waals surface area contributed by atoms with Crippen LogP contribution in [0.4, 0.5) is 15.1 Å². The Morgan fingerprint density at radius 3 is 2.80 bits per heavy atom. The predicted octanol–water partition coefficient (Wildman–Crippen LogP) is 3.11. The second-order valence-corrected chi connectivity index (χ2v) is 4.79. The van der Waals surface area contributed by atoms with Crippen LogP contribution in [0.2, 0.25) is 0 Å². The Morgan fingerprint density at radius 2 is 2.20 bits per heavy atom. The molecule has 104 valence electrons. The lowest BCUT2D eigenvalue weighted by atomic mass is 10.2. The normalized spacial score (nSPS) is 10.2. The van der Waals surface area contributed by atoms with Crippen molar-refractivity contribution < 1.29 is 19.2 Å². The summed E-state index contributed by atoms with van der Waals surface area (Å²) >= 11 is 0.978. The summed E-state index contributed by atoms with van der Waals surface area (Å²) in [7, 11) is 0. The highest BCUT2D eigenvalue weighted by Crippen LogP contribution is 2.24. The van der Waals surface area contributed by atoms with Gasteiger partial charge in [-0.25, -0.2) is 9.18 Å². The first kappa shape index (κ1) is 13.9. The number of rotatable bonds is 5. The van der Waals surface area contributed by atoms with Gasteiger partial charge in [-0.3, -0.25) is 10.1 Å². The Morgan fingerprint density at radius 1 is 1.45 bits per heavy atom. The van der Waals surface area contributed by atoms with Crippen LogP contribution >= 0.6 is 11.3 Å². The van der Waals surface area contributed by atoms with Crippen LogP contribution in [-0.4, -0.2) is 16.0 Å². The Kier molecular flexibility index (Phi) is 3.94. The summed E-state index contributed by atoms with van der Waals surface area (Å²) in [6, 6.07) is 4.79. The zero-order valence-corrected chi connectivity index (χ0v) is 10.8. The Bertz CT molecular complexity index is 671. The molecule has 1 heterocycles. The summed E-state index contributed by atoms with van der Waals surface area (Å²) in [6.07, 6.45) is 0. The van der Waals surface area contributed by atoms with Gasteiger partial charge in [0.2, 0.25) is 0 Å². The van der Waals surface area contributed by atoms with Crippen molar-refractivity contribution in [2.75, 3.05) is 5.32 Å². The van der Waals surface area contributed by atoms with Gasteiger partial charge in [0.15, 0.2) is 0 Å². The van der Waals surface area contributed by atoms with E-state index >= 15 is 0 Å². The van der Waals surface area contributed by atoms with Crippen LogP contribution in [0.1, 0.15) is 15.9 Å². The van der Waals surface area contributed by atoms with Crippen molar-refractivity contribution in [3.63, 3.8) is 0 Å². The molecule has 2 N–H and O–H groups in total. The second kappa shape index (κ2) is 5.66. The SMILES string of the molecule is O=C(O)c1ccc(F)c(NCc2csc([N+](=O)[O-])c2)c1. The second-order valence-electron chi connectivity index (χ2n) is 3.90. The smallest absolute Gasteiger partial charge is 0.335 e. The lowest BCUT2D eigenvalue weighted by Gasteiger charge is -2.07. The number of nitrogens with zero attached hydrogens (tertiary/aromatic N) is 1. The maximum atomic E-state index is 13.5. The molecule has 0 aliphatic rings. The van der Waals surface area contributed by atoms with Crippen LogP contribution in [0.25, 0.3) is 0 Å². The van der Waals surface area contributed by atoms with E-state index in [4.69, 9.17) is 5.11 Å². The van der Waals surface area contributed by atoms with Crippen LogP contribution in [0.5, 0.6) is 0 Å². The van der Waals surface area contributed by atoms with Gasteiger partial charge in [-0.15, -0.1) is 0 Å². The molecular formula is C12H9FN2O4S. The number of hydrogen-bond donors (Lipinski definition) is 2. The van der Waals surface area contributed by atoms with Crippen LogP contribution in [0.15, 0.2) is 29.6 Å². The first-order valence-electron chi connectivity index (χ1n) is 5.46. The minimum absolute atomic E-state index is 0.00144. The van der Waals surface area contributed by atoms with Crippen molar-refractivity contribution in [3.8, 4) is 0 Å². The number of carboxylic acid groups (broad SMARTS) is 1. The van der Waals surface area contributed by atoms with E-state index in [1.807, 2.05) is 0 Å². The molecule has 2 aromatic rings. The van der Waals surface area contributed by atoms with Crippen molar-refractivity contribution in [2.24, 2.45) is 0 Å². The molecule has 0 saturated heterocycles. The van der Waals surface area contributed by atoms with E-state index < -0.39 is 16.7 Å². The fourth-order valence-electron chi connectivity index (χ4n) is 1.54. The average Bonchev–Trinajstić information content (AvgIpc) is 2.86. The minimum Gasteiger partial charge on any atom is -0.478 e. The third-order valence-electron chi connectivity index (χ3n) is 2.52. The maximum Gasteiger partial charge on any atom is 0.335 e.